The Kier molecular flexibility index (Phi) is 5.15. The zero-order valence-electron chi connectivity index (χ0n) is 12.2. The third-order valence-electron chi connectivity index (χ3n) is 3.49. The van der Waals surface area contributed by atoms with Crippen molar-refractivity contribution in [3.63, 3.8) is 0 Å². The van der Waals surface area contributed by atoms with Gasteiger partial charge in [-0.3, -0.25) is 0 Å². The van der Waals surface area contributed by atoms with Crippen LogP contribution in [-0.4, -0.2) is 0 Å². The largest absolute Gasteiger partial charge is 2.00 e. The van der Waals surface area contributed by atoms with Crippen LogP contribution in [0.3, 0.4) is 0 Å². The van der Waals surface area contributed by atoms with E-state index in [-0.39, 0.29) is 21.1 Å². The van der Waals surface area contributed by atoms with E-state index in [1.165, 1.54) is 22.3 Å². The zero-order chi connectivity index (χ0) is 13.9. The van der Waals surface area contributed by atoms with Crippen molar-refractivity contribution in [3.05, 3.63) is 83.9 Å². The monoisotopic (exact) mass is 440 g/mol. The minimum absolute atomic E-state index is 0. The summed E-state index contributed by atoms with van der Waals surface area (Å²) in [6, 6.07) is 27.6. The summed E-state index contributed by atoms with van der Waals surface area (Å²) in [6.07, 6.45) is 0. The first kappa shape index (κ1) is 15.7. The third-order valence-corrected chi connectivity index (χ3v) is 3.49. The average Bonchev–Trinajstić information content (AvgIpc) is 2.48. The minimum Gasteiger partial charge on any atom is -0.225 e. The van der Waals surface area contributed by atoms with Crippen LogP contribution in [0.25, 0.3) is 22.3 Å². The molecule has 0 spiro atoms. The van der Waals surface area contributed by atoms with E-state index in [0.29, 0.717) is 0 Å². The molecule has 0 unspecified atom stereocenters. The van der Waals surface area contributed by atoms with Crippen molar-refractivity contribution in [1.29, 1.82) is 0 Å². The molecule has 0 aliphatic carbocycles. The van der Waals surface area contributed by atoms with Gasteiger partial charge in [0.15, 0.2) is 0 Å². The molecule has 0 aliphatic rings. The van der Waals surface area contributed by atoms with E-state index in [9.17, 15) is 0 Å². The van der Waals surface area contributed by atoms with Gasteiger partial charge in [0.1, 0.15) is 0 Å². The van der Waals surface area contributed by atoms with Crippen LogP contribution >= 0.6 is 0 Å². The van der Waals surface area contributed by atoms with Crippen LogP contribution in [0.15, 0.2) is 60.7 Å². The van der Waals surface area contributed by atoms with E-state index in [1.54, 1.807) is 0 Å². The van der Waals surface area contributed by atoms with E-state index in [1.807, 2.05) is 18.2 Å². The summed E-state index contributed by atoms with van der Waals surface area (Å²) >= 11 is 0. The molecular weight excluding hydrogens is 424 g/mol. The quantitative estimate of drug-likeness (QED) is 0.479. The molecule has 1 heteroatoms. The van der Waals surface area contributed by atoms with Gasteiger partial charge in [-0.2, -0.15) is 42.0 Å². The Morgan fingerprint density at radius 3 is 2.33 bits per heavy atom. The Balaban J connectivity index is 0.00000161. The van der Waals surface area contributed by atoms with Crippen molar-refractivity contribution < 1.29 is 21.1 Å². The van der Waals surface area contributed by atoms with Gasteiger partial charge in [-0.1, -0.05) is 36.8 Å². The van der Waals surface area contributed by atoms with Crippen LogP contribution in [0.4, 0.5) is 0 Å². The number of aryl methyl sites for hydroxylation is 2. The standard InChI is InChI=1S/C20H16.W/c1-15-7-5-9-17(13-15)18-10-6-11-19(14-18)20-12-4-3-8-16(20)2;/h3-10,13-14H,1-2H3;/q-2;+2. The predicted octanol–water partition coefficient (Wildman–Crippen LogP) is 5.24. The topological polar surface area (TPSA) is 0 Å². The molecule has 0 fully saturated rings. The van der Waals surface area contributed by atoms with Crippen molar-refractivity contribution in [2.24, 2.45) is 0 Å². The molecule has 0 aromatic heterocycles. The molecule has 102 valence electrons. The maximum absolute atomic E-state index is 3.32. The molecule has 0 radical (unpaired) electrons. The van der Waals surface area contributed by atoms with Crippen LogP contribution in [-0.2, 0) is 21.1 Å². The van der Waals surface area contributed by atoms with Crippen LogP contribution in [0.1, 0.15) is 11.1 Å². The molecule has 21 heavy (non-hydrogen) atoms. The molecule has 3 aromatic rings. The fourth-order valence-electron chi connectivity index (χ4n) is 2.43. The fourth-order valence-corrected chi connectivity index (χ4v) is 2.43. The summed E-state index contributed by atoms with van der Waals surface area (Å²) < 4.78 is 0. The number of benzene rings is 3. The van der Waals surface area contributed by atoms with Crippen LogP contribution in [0.2, 0.25) is 0 Å². The Bertz CT molecular complexity index is 744. The molecule has 3 rings (SSSR count). The SMILES string of the molecule is Cc1cccc(-c2cc[c-]c(-c3[c-]cccc3C)c2)c1.[W+2]. The number of hydrogen-bond donors (Lipinski definition) is 0. The molecule has 0 saturated heterocycles. The Hall–Kier alpha value is -1.65. The molecule has 0 bridgehead atoms. The fraction of sp³-hybridized carbons (Fsp3) is 0.100. The van der Waals surface area contributed by atoms with E-state index < -0.39 is 0 Å². The minimum atomic E-state index is 0. The summed E-state index contributed by atoms with van der Waals surface area (Å²) in [6.45, 7) is 4.23. The zero-order valence-corrected chi connectivity index (χ0v) is 15.1. The summed E-state index contributed by atoms with van der Waals surface area (Å²) in [5, 5.41) is 0. The van der Waals surface area contributed by atoms with Gasteiger partial charge in [0, 0.05) is 0 Å². The normalized spacial score (nSPS) is 10.0. The summed E-state index contributed by atoms with van der Waals surface area (Å²) in [5.74, 6) is 0. The second-order valence-electron chi connectivity index (χ2n) is 5.09. The maximum atomic E-state index is 3.32. The molecule has 0 atom stereocenters. The molecule has 0 saturated carbocycles. The Labute approximate surface area is 141 Å². The number of hydrogen-bond acceptors (Lipinski definition) is 0. The smallest absolute Gasteiger partial charge is 0.225 e. The Morgan fingerprint density at radius 2 is 1.57 bits per heavy atom. The molecule has 0 N–H and O–H groups in total. The van der Waals surface area contributed by atoms with Crippen molar-refractivity contribution in [2.75, 3.05) is 0 Å². The van der Waals surface area contributed by atoms with Crippen molar-refractivity contribution in [3.8, 4) is 22.3 Å². The third kappa shape index (κ3) is 3.52. The van der Waals surface area contributed by atoms with Crippen molar-refractivity contribution in [1.82, 2.24) is 0 Å². The van der Waals surface area contributed by atoms with Gasteiger partial charge < -0.3 is 0 Å². The first-order valence-corrected chi connectivity index (χ1v) is 6.80. The van der Waals surface area contributed by atoms with Gasteiger partial charge in [0.05, 0.1) is 0 Å². The van der Waals surface area contributed by atoms with Gasteiger partial charge in [-0.15, -0.1) is 17.7 Å². The first-order valence-electron chi connectivity index (χ1n) is 6.80. The summed E-state index contributed by atoms with van der Waals surface area (Å²) in [4.78, 5) is 0. The second kappa shape index (κ2) is 6.87. The average molecular weight is 440 g/mol. The molecule has 0 aliphatic heterocycles. The van der Waals surface area contributed by atoms with E-state index in [2.05, 4.69) is 68.4 Å². The molecule has 0 amide bonds. The molecular formula is C20H16W. The van der Waals surface area contributed by atoms with Gasteiger partial charge >= 0.3 is 21.1 Å². The van der Waals surface area contributed by atoms with Gasteiger partial charge in [-0.05, 0) is 12.5 Å². The summed E-state index contributed by atoms with van der Waals surface area (Å²) in [5.41, 5.74) is 7.20. The van der Waals surface area contributed by atoms with Crippen LogP contribution < -0.4 is 0 Å². The molecule has 0 heterocycles. The maximum Gasteiger partial charge on any atom is 2.00 e. The predicted molar refractivity (Wildman–Crippen MR) is 84.5 cm³/mol. The van der Waals surface area contributed by atoms with Gasteiger partial charge in [0.25, 0.3) is 0 Å². The van der Waals surface area contributed by atoms with E-state index >= 15 is 0 Å². The molecule has 0 nitrogen and oxygen atoms in total. The van der Waals surface area contributed by atoms with Crippen LogP contribution in [0, 0.1) is 26.0 Å². The van der Waals surface area contributed by atoms with Crippen molar-refractivity contribution in [2.45, 2.75) is 13.8 Å². The summed E-state index contributed by atoms with van der Waals surface area (Å²) in [7, 11) is 0. The second-order valence-corrected chi connectivity index (χ2v) is 5.09. The van der Waals surface area contributed by atoms with Gasteiger partial charge in [-0.25, -0.2) is 11.1 Å². The van der Waals surface area contributed by atoms with E-state index in [4.69, 9.17) is 0 Å². The van der Waals surface area contributed by atoms with Crippen molar-refractivity contribution >= 4 is 0 Å². The Morgan fingerprint density at radius 1 is 0.762 bits per heavy atom. The van der Waals surface area contributed by atoms with Gasteiger partial charge in [0.2, 0.25) is 0 Å². The first-order chi connectivity index (χ1) is 9.74. The molecule has 3 aromatic carbocycles. The number of rotatable bonds is 2. The van der Waals surface area contributed by atoms with E-state index in [0.717, 1.165) is 11.1 Å². The van der Waals surface area contributed by atoms with Crippen LogP contribution in [0.5, 0.6) is 0 Å².